The molecule has 1 unspecified atom stereocenters. The van der Waals surface area contributed by atoms with Crippen LogP contribution in [0.2, 0.25) is 0 Å². The molecule has 1 aliphatic heterocycles. The molecular formula is C19H33N4O6P. The number of esters is 1. The lowest BCUT2D eigenvalue weighted by molar-refractivity contribution is -0.147. The van der Waals surface area contributed by atoms with Gasteiger partial charge in [0, 0.05) is 6.20 Å². The molecule has 2 rings (SSSR count). The Morgan fingerprint density at radius 2 is 2.23 bits per heavy atom. The van der Waals surface area contributed by atoms with E-state index in [4.69, 9.17) is 19.7 Å². The van der Waals surface area contributed by atoms with Crippen LogP contribution in [0, 0.1) is 5.92 Å². The second-order valence-corrected chi connectivity index (χ2v) is 9.66. The smallest absolute Gasteiger partial charge is 0.349 e. The molecule has 30 heavy (non-hydrogen) atoms. The highest BCUT2D eigenvalue weighted by atomic mass is 31.2. The normalized spacial score (nSPS) is 23.6. The van der Waals surface area contributed by atoms with Gasteiger partial charge >= 0.3 is 11.7 Å². The molecule has 2 heterocycles. The van der Waals surface area contributed by atoms with Crippen molar-refractivity contribution in [1.29, 1.82) is 0 Å². The summed E-state index contributed by atoms with van der Waals surface area (Å²) >= 11 is 0. The Bertz CT molecular complexity index is 789. The number of hydrogen-bond donors (Lipinski definition) is 2. The van der Waals surface area contributed by atoms with Gasteiger partial charge in [-0.2, -0.15) is 4.98 Å². The van der Waals surface area contributed by atoms with Gasteiger partial charge in [0.15, 0.2) is 0 Å². The van der Waals surface area contributed by atoms with Gasteiger partial charge in [0.05, 0.1) is 19.8 Å². The number of ether oxygens (including phenoxy) is 2. The van der Waals surface area contributed by atoms with Gasteiger partial charge in [0.2, 0.25) is 0 Å². The van der Waals surface area contributed by atoms with Crippen LogP contribution in [0.25, 0.3) is 0 Å². The first kappa shape index (κ1) is 24.5. The molecule has 1 aromatic rings. The summed E-state index contributed by atoms with van der Waals surface area (Å²) < 4.78 is 31.1. The zero-order valence-electron chi connectivity index (χ0n) is 17.9. The molecule has 170 valence electrons. The SMILES string of the molecule is CCCCCOC(=O)[C@@H](NP1(=O)CO[C@@H](Cn2ccc(N)nc2=O)CO1)[C@@H](C)CC. The number of carbonyl (C=O) groups is 1. The maximum absolute atomic E-state index is 13.1. The van der Waals surface area contributed by atoms with Crippen molar-refractivity contribution in [3.8, 4) is 0 Å². The van der Waals surface area contributed by atoms with Crippen molar-refractivity contribution in [2.45, 2.75) is 65.1 Å². The Morgan fingerprint density at radius 1 is 1.47 bits per heavy atom. The van der Waals surface area contributed by atoms with Gasteiger partial charge in [-0.15, -0.1) is 0 Å². The third kappa shape index (κ3) is 7.19. The number of anilines is 1. The average Bonchev–Trinajstić information content (AvgIpc) is 2.72. The lowest BCUT2D eigenvalue weighted by Crippen LogP contribution is -2.44. The van der Waals surface area contributed by atoms with E-state index in [9.17, 15) is 14.2 Å². The minimum Gasteiger partial charge on any atom is -0.465 e. The highest BCUT2D eigenvalue weighted by Gasteiger charge is 2.38. The van der Waals surface area contributed by atoms with Crippen LogP contribution in [-0.4, -0.2) is 47.2 Å². The van der Waals surface area contributed by atoms with Crippen molar-refractivity contribution < 1.29 is 23.4 Å². The molecule has 0 aliphatic carbocycles. The van der Waals surface area contributed by atoms with Crippen molar-refractivity contribution in [1.82, 2.24) is 14.6 Å². The monoisotopic (exact) mass is 444 g/mol. The van der Waals surface area contributed by atoms with Crippen LogP contribution in [0.1, 0.15) is 46.5 Å². The molecule has 0 amide bonds. The van der Waals surface area contributed by atoms with E-state index in [0.29, 0.717) is 13.0 Å². The van der Waals surface area contributed by atoms with Gasteiger partial charge in [-0.05, 0) is 18.4 Å². The highest BCUT2D eigenvalue weighted by Crippen LogP contribution is 2.47. The van der Waals surface area contributed by atoms with E-state index in [1.807, 2.05) is 13.8 Å². The Kier molecular flexibility index (Phi) is 9.48. The number of nitrogens with one attached hydrogen (secondary N) is 1. The number of carbonyl (C=O) groups excluding carboxylic acids is 1. The van der Waals surface area contributed by atoms with Gasteiger partial charge in [0.1, 0.15) is 24.3 Å². The van der Waals surface area contributed by atoms with Crippen molar-refractivity contribution >= 4 is 19.3 Å². The first-order chi connectivity index (χ1) is 14.3. The second-order valence-electron chi connectivity index (χ2n) is 7.54. The van der Waals surface area contributed by atoms with Crippen molar-refractivity contribution in [3.05, 3.63) is 22.7 Å². The standard InChI is InChI=1S/C19H33N4O6P/c1-4-6-7-10-27-18(24)17(14(3)5-2)22-30(26)13-28-15(12-29-30)11-23-9-8-16(20)21-19(23)25/h8-9,14-15,17H,4-7,10-13H2,1-3H3,(H,22,26)(H2,20,21,25)/t14-,15-,17-,30?/m0/s1. The zero-order valence-corrected chi connectivity index (χ0v) is 18.8. The van der Waals surface area contributed by atoms with E-state index in [1.54, 1.807) is 0 Å². The van der Waals surface area contributed by atoms with Gasteiger partial charge in [-0.3, -0.25) is 13.9 Å². The number of aromatic nitrogens is 2. The van der Waals surface area contributed by atoms with E-state index in [1.165, 1.54) is 16.8 Å². The van der Waals surface area contributed by atoms with Gasteiger partial charge in [0.25, 0.3) is 7.52 Å². The zero-order chi connectivity index (χ0) is 22.1. The van der Waals surface area contributed by atoms with Crippen molar-refractivity contribution in [3.63, 3.8) is 0 Å². The highest BCUT2D eigenvalue weighted by molar-refractivity contribution is 7.56. The lowest BCUT2D eigenvalue weighted by Gasteiger charge is -2.33. The summed E-state index contributed by atoms with van der Waals surface area (Å²) in [7, 11) is -3.39. The minimum atomic E-state index is -3.39. The number of hydrogen-bond acceptors (Lipinski definition) is 8. The van der Waals surface area contributed by atoms with E-state index >= 15 is 0 Å². The Labute approximate surface area is 177 Å². The van der Waals surface area contributed by atoms with E-state index < -0.39 is 31.3 Å². The number of nitrogen functional groups attached to an aromatic ring is 1. The molecule has 0 saturated carbocycles. The van der Waals surface area contributed by atoms with Crippen LogP contribution in [0.15, 0.2) is 17.1 Å². The summed E-state index contributed by atoms with van der Waals surface area (Å²) in [6.45, 7) is 6.47. The molecule has 10 nitrogen and oxygen atoms in total. The summed E-state index contributed by atoms with van der Waals surface area (Å²) in [5.41, 5.74) is 4.99. The molecule has 1 aliphatic rings. The van der Waals surface area contributed by atoms with Gasteiger partial charge in [-0.25, -0.2) is 9.88 Å². The van der Waals surface area contributed by atoms with Crippen molar-refractivity contribution in [2.75, 3.05) is 25.3 Å². The molecular weight excluding hydrogens is 411 g/mol. The third-order valence-electron chi connectivity index (χ3n) is 5.04. The number of rotatable bonds is 11. The first-order valence-electron chi connectivity index (χ1n) is 10.4. The summed E-state index contributed by atoms with van der Waals surface area (Å²) in [5, 5.41) is 2.86. The van der Waals surface area contributed by atoms with Crippen LogP contribution in [0.4, 0.5) is 5.82 Å². The van der Waals surface area contributed by atoms with Crippen LogP contribution < -0.4 is 16.5 Å². The first-order valence-corrected chi connectivity index (χ1v) is 12.2. The average molecular weight is 444 g/mol. The number of nitrogens with zero attached hydrogens (tertiary/aromatic N) is 2. The van der Waals surface area contributed by atoms with Crippen molar-refractivity contribution in [2.24, 2.45) is 5.92 Å². The second kappa shape index (κ2) is 11.6. The van der Waals surface area contributed by atoms with Gasteiger partial charge < -0.3 is 19.7 Å². The maximum Gasteiger partial charge on any atom is 0.349 e. The quantitative estimate of drug-likeness (QED) is 0.299. The minimum absolute atomic E-state index is 0.0138. The third-order valence-corrected chi connectivity index (χ3v) is 6.77. The molecule has 1 fully saturated rings. The van der Waals surface area contributed by atoms with Gasteiger partial charge in [-0.1, -0.05) is 40.0 Å². The maximum atomic E-state index is 13.1. The summed E-state index contributed by atoms with van der Waals surface area (Å²) in [5.74, 6) is -0.375. The van der Waals surface area contributed by atoms with Crippen LogP contribution in [0.3, 0.4) is 0 Å². The molecule has 11 heteroatoms. The summed E-state index contributed by atoms with van der Waals surface area (Å²) in [4.78, 5) is 28.1. The molecule has 0 spiro atoms. The Balaban J connectivity index is 1.93. The fourth-order valence-corrected chi connectivity index (χ4v) is 4.77. The van der Waals surface area contributed by atoms with Crippen LogP contribution in [0.5, 0.6) is 0 Å². The lowest BCUT2D eigenvalue weighted by atomic mass is 10.0. The van der Waals surface area contributed by atoms with Crippen LogP contribution >= 0.6 is 7.52 Å². The largest absolute Gasteiger partial charge is 0.465 e. The van der Waals surface area contributed by atoms with E-state index in [2.05, 4.69) is 17.0 Å². The molecule has 3 N–H and O–H groups in total. The molecule has 0 radical (unpaired) electrons. The molecule has 4 atom stereocenters. The Hall–Kier alpha value is -1.74. The summed E-state index contributed by atoms with van der Waals surface area (Å²) in [6.07, 6.45) is 4.37. The molecule has 0 bridgehead atoms. The number of unbranched alkanes of at least 4 members (excludes halogenated alkanes) is 2. The fraction of sp³-hybridized carbons (Fsp3) is 0.737. The molecule has 1 aromatic heterocycles. The van der Waals surface area contributed by atoms with E-state index in [0.717, 1.165) is 19.3 Å². The summed E-state index contributed by atoms with van der Waals surface area (Å²) in [6, 6.07) is 0.770. The Morgan fingerprint density at radius 3 is 2.83 bits per heavy atom. The number of nitrogens with two attached hydrogens (primary N) is 1. The predicted octanol–water partition coefficient (Wildman–Crippen LogP) is 2.13. The molecule has 1 saturated heterocycles. The van der Waals surface area contributed by atoms with E-state index in [-0.39, 0.29) is 31.2 Å². The molecule has 0 aromatic carbocycles. The predicted molar refractivity (Wildman–Crippen MR) is 113 cm³/mol. The fourth-order valence-electron chi connectivity index (χ4n) is 2.95. The topological polar surface area (TPSA) is 135 Å². The van der Waals surface area contributed by atoms with Crippen LogP contribution in [-0.2, 0) is 29.9 Å².